The molecule has 0 unspecified atom stereocenters. The van der Waals surface area contributed by atoms with Crippen molar-refractivity contribution in [2.24, 2.45) is 7.05 Å². The fourth-order valence-corrected chi connectivity index (χ4v) is 4.11. The van der Waals surface area contributed by atoms with E-state index >= 15 is 0 Å². The predicted octanol–water partition coefficient (Wildman–Crippen LogP) is 3.59. The SMILES string of the molecule is COC(=O)c1ccsc1NC(=O)CSc1nnc(COc2cccc(C)c2C)n1C. The van der Waals surface area contributed by atoms with E-state index in [1.54, 1.807) is 16.0 Å². The van der Waals surface area contributed by atoms with Gasteiger partial charge in [0.25, 0.3) is 0 Å². The van der Waals surface area contributed by atoms with Gasteiger partial charge in [-0.3, -0.25) is 4.79 Å². The Morgan fingerprint density at radius 1 is 1.23 bits per heavy atom. The van der Waals surface area contributed by atoms with Crippen molar-refractivity contribution < 1.29 is 19.1 Å². The van der Waals surface area contributed by atoms with Crippen molar-refractivity contribution in [1.82, 2.24) is 14.8 Å². The molecule has 1 aromatic carbocycles. The number of nitrogens with zero attached hydrogens (tertiary/aromatic N) is 3. The Morgan fingerprint density at radius 3 is 2.80 bits per heavy atom. The molecule has 0 aliphatic heterocycles. The first-order valence-electron chi connectivity index (χ1n) is 9.06. The lowest BCUT2D eigenvalue weighted by molar-refractivity contribution is -0.113. The van der Waals surface area contributed by atoms with E-state index in [-0.39, 0.29) is 18.3 Å². The summed E-state index contributed by atoms with van der Waals surface area (Å²) >= 11 is 2.52. The van der Waals surface area contributed by atoms with Crippen LogP contribution in [0.15, 0.2) is 34.8 Å². The fraction of sp³-hybridized carbons (Fsp3) is 0.300. The van der Waals surface area contributed by atoms with Gasteiger partial charge in [-0.2, -0.15) is 0 Å². The van der Waals surface area contributed by atoms with Crippen LogP contribution < -0.4 is 10.1 Å². The van der Waals surface area contributed by atoms with Gasteiger partial charge in [0.05, 0.1) is 18.4 Å². The molecule has 158 valence electrons. The lowest BCUT2D eigenvalue weighted by Gasteiger charge is -2.10. The molecule has 1 N–H and O–H groups in total. The second-order valence-corrected chi connectivity index (χ2v) is 8.29. The molecule has 0 radical (unpaired) electrons. The summed E-state index contributed by atoms with van der Waals surface area (Å²) in [5.74, 6) is 0.862. The molecule has 0 atom stereocenters. The quantitative estimate of drug-likeness (QED) is 0.417. The molecule has 3 aromatic rings. The maximum absolute atomic E-state index is 12.3. The Bertz CT molecular complexity index is 1060. The van der Waals surface area contributed by atoms with E-state index in [1.807, 2.05) is 39.1 Å². The van der Waals surface area contributed by atoms with Crippen molar-refractivity contribution in [2.45, 2.75) is 25.6 Å². The van der Waals surface area contributed by atoms with E-state index in [0.29, 0.717) is 21.5 Å². The minimum atomic E-state index is -0.485. The Hall–Kier alpha value is -2.85. The zero-order chi connectivity index (χ0) is 21.7. The molecule has 1 amide bonds. The molecule has 10 heteroatoms. The first-order valence-corrected chi connectivity index (χ1v) is 10.9. The number of aryl methyl sites for hydroxylation is 1. The largest absolute Gasteiger partial charge is 0.485 e. The number of hydrogen-bond donors (Lipinski definition) is 1. The highest BCUT2D eigenvalue weighted by Crippen LogP contribution is 2.25. The van der Waals surface area contributed by atoms with E-state index in [9.17, 15) is 9.59 Å². The fourth-order valence-electron chi connectivity index (χ4n) is 2.59. The standard InChI is InChI=1S/C20H22N4O4S2/c1-12-6-5-7-15(13(12)2)28-10-16-22-23-20(24(16)3)30-11-17(25)21-18-14(8-9-29-18)19(26)27-4/h5-9H,10-11H2,1-4H3,(H,21,25). The van der Waals surface area contributed by atoms with Crippen LogP contribution in [0.1, 0.15) is 27.3 Å². The third-order valence-electron chi connectivity index (χ3n) is 4.49. The van der Waals surface area contributed by atoms with Gasteiger partial charge in [-0.25, -0.2) is 4.79 Å². The minimum Gasteiger partial charge on any atom is -0.485 e. The second kappa shape index (κ2) is 9.77. The number of thioether (sulfide) groups is 1. The highest BCUT2D eigenvalue weighted by Gasteiger charge is 2.17. The minimum absolute atomic E-state index is 0.127. The maximum atomic E-state index is 12.3. The first kappa shape index (κ1) is 21.8. The Kier molecular flexibility index (Phi) is 7.11. The molecular formula is C20H22N4O4S2. The summed E-state index contributed by atoms with van der Waals surface area (Å²) in [5, 5.41) is 13.8. The van der Waals surface area contributed by atoms with E-state index < -0.39 is 5.97 Å². The molecule has 3 rings (SSSR count). The summed E-state index contributed by atoms with van der Waals surface area (Å²) in [4.78, 5) is 24.0. The van der Waals surface area contributed by atoms with Crippen LogP contribution in [-0.2, 0) is 23.2 Å². The number of esters is 1. The second-order valence-electron chi connectivity index (χ2n) is 6.44. The monoisotopic (exact) mass is 446 g/mol. The number of nitrogens with one attached hydrogen (secondary N) is 1. The van der Waals surface area contributed by atoms with Crippen LogP contribution in [0, 0.1) is 13.8 Å². The van der Waals surface area contributed by atoms with Crippen LogP contribution in [0.25, 0.3) is 0 Å². The number of amides is 1. The van der Waals surface area contributed by atoms with Crippen LogP contribution >= 0.6 is 23.1 Å². The van der Waals surface area contributed by atoms with Crippen LogP contribution in [-0.4, -0.2) is 39.5 Å². The number of aromatic nitrogens is 3. The highest BCUT2D eigenvalue weighted by atomic mass is 32.2. The summed E-state index contributed by atoms with van der Waals surface area (Å²) in [6.07, 6.45) is 0. The molecule has 0 spiro atoms. The van der Waals surface area contributed by atoms with E-state index in [2.05, 4.69) is 15.5 Å². The molecule has 2 heterocycles. The first-order chi connectivity index (χ1) is 14.4. The van der Waals surface area contributed by atoms with Gasteiger partial charge in [0.2, 0.25) is 5.91 Å². The van der Waals surface area contributed by atoms with E-state index in [1.165, 1.54) is 30.2 Å². The lowest BCUT2D eigenvalue weighted by Crippen LogP contribution is -2.16. The molecule has 30 heavy (non-hydrogen) atoms. The number of rotatable bonds is 8. The Morgan fingerprint density at radius 2 is 2.03 bits per heavy atom. The summed E-state index contributed by atoms with van der Waals surface area (Å²) in [7, 11) is 3.13. The average Bonchev–Trinajstić information content (AvgIpc) is 3.33. The number of carbonyl (C=O) groups is 2. The van der Waals surface area contributed by atoms with Gasteiger partial charge in [0.1, 0.15) is 17.4 Å². The third-order valence-corrected chi connectivity index (χ3v) is 6.34. The molecule has 0 aliphatic carbocycles. The van der Waals surface area contributed by atoms with Gasteiger partial charge < -0.3 is 19.4 Å². The Balaban J connectivity index is 1.56. The van der Waals surface area contributed by atoms with Gasteiger partial charge in [0.15, 0.2) is 11.0 Å². The molecule has 0 saturated heterocycles. The normalized spacial score (nSPS) is 10.7. The highest BCUT2D eigenvalue weighted by molar-refractivity contribution is 7.99. The average molecular weight is 447 g/mol. The van der Waals surface area contributed by atoms with Crippen molar-refractivity contribution >= 4 is 40.0 Å². The molecule has 8 nitrogen and oxygen atoms in total. The zero-order valence-electron chi connectivity index (χ0n) is 17.1. The number of carbonyl (C=O) groups excluding carboxylic acids is 2. The smallest absolute Gasteiger partial charge is 0.340 e. The van der Waals surface area contributed by atoms with Crippen LogP contribution in [0.5, 0.6) is 5.75 Å². The summed E-state index contributed by atoms with van der Waals surface area (Å²) < 4.78 is 12.4. The summed E-state index contributed by atoms with van der Waals surface area (Å²) in [6, 6.07) is 7.53. The number of methoxy groups -OCH3 is 1. The summed E-state index contributed by atoms with van der Waals surface area (Å²) in [6.45, 7) is 4.33. The van der Waals surface area contributed by atoms with Crippen molar-refractivity contribution in [2.75, 3.05) is 18.2 Å². The van der Waals surface area contributed by atoms with Gasteiger partial charge in [-0.1, -0.05) is 23.9 Å². The number of thiophene rings is 1. The van der Waals surface area contributed by atoms with Crippen molar-refractivity contribution in [3.63, 3.8) is 0 Å². The molecular weight excluding hydrogens is 424 g/mol. The van der Waals surface area contributed by atoms with Crippen LogP contribution in [0.3, 0.4) is 0 Å². The maximum Gasteiger partial charge on any atom is 0.340 e. The van der Waals surface area contributed by atoms with Crippen LogP contribution in [0.2, 0.25) is 0 Å². The molecule has 2 aromatic heterocycles. The topological polar surface area (TPSA) is 95.3 Å². The van der Waals surface area contributed by atoms with Gasteiger partial charge in [-0.15, -0.1) is 21.5 Å². The van der Waals surface area contributed by atoms with Crippen molar-refractivity contribution in [3.05, 3.63) is 52.2 Å². The molecule has 0 fully saturated rings. The molecule has 0 aliphatic rings. The van der Waals surface area contributed by atoms with Crippen LogP contribution in [0.4, 0.5) is 5.00 Å². The van der Waals surface area contributed by atoms with Gasteiger partial charge in [-0.05, 0) is 42.5 Å². The Labute approximate surface area is 182 Å². The van der Waals surface area contributed by atoms with Crippen molar-refractivity contribution in [3.8, 4) is 5.75 Å². The number of hydrogen-bond acceptors (Lipinski definition) is 8. The zero-order valence-corrected chi connectivity index (χ0v) is 18.7. The predicted molar refractivity (Wildman–Crippen MR) is 116 cm³/mol. The van der Waals surface area contributed by atoms with Gasteiger partial charge >= 0.3 is 5.97 Å². The van der Waals surface area contributed by atoms with E-state index in [4.69, 9.17) is 9.47 Å². The van der Waals surface area contributed by atoms with Crippen molar-refractivity contribution in [1.29, 1.82) is 0 Å². The molecule has 0 saturated carbocycles. The number of anilines is 1. The summed E-state index contributed by atoms with van der Waals surface area (Å²) in [5.41, 5.74) is 2.59. The number of benzene rings is 1. The molecule has 0 bridgehead atoms. The van der Waals surface area contributed by atoms with E-state index in [0.717, 1.165) is 16.9 Å². The van der Waals surface area contributed by atoms with Gasteiger partial charge in [0, 0.05) is 7.05 Å². The number of ether oxygens (including phenoxy) is 2. The lowest BCUT2D eigenvalue weighted by atomic mass is 10.1. The third kappa shape index (κ3) is 5.00.